The summed E-state index contributed by atoms with van der Waals surface area (Å²) < 4.78 is 55.5. The Balaban J connectivity index is 1.32. The van der Waals surface area contributed by atoms with Crippen molar-refractivity contribution in [2.75, 3.05) is 24.8 Å². The van der Waals surface area contributed by atoms with Crippen molar-refractivity contribution in [1.82, 2.24) is 14.9 Å². The van der Waals surface area contributed by atoms with Gasteiger partial charge in [-0.2, -0.15) is 0 Å². The first-order valence-electron chi connectivity index (χ1n) is 11.9. The predicted molar refractivity (Wildman–Crippen MR) is 131 cm³/mol. The molecule has 3 heterocycles. The Morgan fingerprint density at radius 3 is 2.57 bits per heavy atom. The minimum Gasteiger partial charge on any atom is -0.474 e. The number of fused-ring (bicyclic) bond motifs is 2. The lowest BCUT2D eigenvalue weighted by Gasteiger charge is -2.47. The third-order valence-electron chi connectivity index (χ3n) is 6.87. The van der Waals surface area contributed by atoms with Crippen molar-refractivity contribution in [3.05, 3.63) is 35.9 Å². The average Bonchev–Trinajstić information content (AvgIpc) is 3.55. The van der Waals surface area contributed by atoms with E-state index in [-0.39, 0.29) is 57.7 Å². The fraction of sp³-hybridized carbons (Fsp3) is 0.500. The van der Waals surface area contributed by atoms with Crippen molar-refractivity contribution in [1.29, 1.82) is 5.41 Å². The van der Waals surface area contributed by atoms with E-state index in [1.165, 1.54) is 18.5 Å². The summed E-state index contributed by atoms with van der Waals surface area (Å²) in [4.78, 5) is 22.8. The molecule has 1 aliphatic carbocycles. The van der Waals surface area contributed by atoms with Crippen LogP contribution in [-0.2, 0) is 19.3 Å². The average molecular weight is 534 g/mol. The number of halogens is 1. The zero-order valence-electron chi connectivity index (χ0n) is 20.4. The molecule has 2 aromatic rings. The van der Waals surface area contributed by atoms with E-state index in [9.17, 15) is 17.6 Å². The number of anilines is 2. The van der Waals surface area contributed by atoms with Gasteiger partial charge >= 0.3 is 6.09 Å². The van der Waals surface area contributed by atoms with Crippen molar-refractivity contribution in [3.63, 3.8) is 0 Å². The van der Waals surface area contributed by atoms with Gasteiger partial charge in [0.25, 0.3) is 0 Å². The third-order valence-corrected chi connectivity index (χ3v) is 7.98. The number of ether oxygens (including phenoxy) is 3. The molecule has 11 nitrogen and oxygen atoms in total. The Labute approximate surface area is 213 Å². The van der Waals surface area contributed by atoms with Crippen LogP contribution in [0.2, 0.25) is 0 Å². The number of carbonyl (C=O) groups is 1. The monoisotopic (exact) mass is 533 g/mol. The number of hydrogen-bond donors (Lipinski definition) is 2. The number of nitrogens with zero attached hydrogens (tertiary/aromatic N) is 3. The van der Waals surface area contributed by atoms with E-state index in [0.717, 1.165) is 31.4 Å². The highest BCUT2D eigenvalue weighted by molar-refractivity contribution is 7.90. The summed E-state index contributed by atoms with van der Waals surface area (Å²) in [6.45, 7) is 2.68. The van der Waals surface area contributed by atoms with Crippen molar-refractivity contribution >= 4 is 33.7 Å². The van der Waals surface area contributed by atoms with Crippen LogP contribution in [0.1, 0.15) is 38.2 Å². The molecule has 1 aromatic heterocycles. The Bertz CT molecular complexity index is 1320. The molecule has 1 aromatic carbocycles. The second-order valence-corrected chi connectivity index (χ2v) is 11.9. The van der Waals surface area contributed by atoms with Crippen LogP contribution in [-0.4, -0.2) is 78.9 Å². The SMILES string of the molecule is CC1(OC(=O)N2C3COCC2CC(Oc2ncnc(Nc4ccc(S(C)(=O)=O)cc4F)c2C=N)C3)CC1. The summed E-state index contributed by atoms with van der Waals surface area (Å²) in [6.07, 6.45) is 5.34. The topological polar surface area (TPSA) is 144 Å². The summed E-state index contributed by atoms with van der Waals surface area (Å²) in [5, 5.41) is 10.7. The molecule has 3 aliphatic rings. The normalized spacial score (nSPS) is 24.2. The molecule has 0 spiro atoms. The molecule has 13 heteroatoms. The van der Waals surface area contributed by atoms with Gasteiger partial charge < -0.3 is 24.9 Å². The van der Waals surface area contributed by atoms with Gasteiger partial charge in [-0.05, 0) is 38.0 Å². The highest BCUT2D eigenvalue weighted by Crippen LogP contribution is 2.41. The number of hydrogen-bond acceptors (Lipinski definition) is 10. The van der Waals surface area contributed by atoms with E-state index in [2.05, 4.69) is 15.3 Å². The Morgan fingerprint density at radius 1 is 1.27 bits per heavy atom. The largest absolute Gasteiger partial charge is 0.474 e. The molecule has 1 saturated carbocycles. The smallest absolute Gasteiger partial charge is 0.410 e. The molecule has 5 rings (SSSR count). The number of sulfone groups is 1. The van der Waals surface area contributed by atoms with Crippen molar-refractivity contribution in [3.8, 4) is 5.88 Å². The van der Waals surface area contributed by atoms with Gasteiger partial charge in [0.2, 0.25) is 5.88 Å². The highest BCUT2D eigenvalue weighted by atomic mass is 32.2. The minimum atomic E-state index is -3.56. The lowest BCUT2D eigenvalue weighted by atomic mass is 9.92. The van der Waals surface area contributed by atoms with E-state index >= 15 is 0 Å². The van der Waals surface area contributed by atoms with Gasteiger partial charge in [0.1, 0.15) is 29.7 Å². The fourth-order valence-corrected chi connectivity index (χ4v) is 5.25. The van der Waals surface area contributed by atoms with Crippen LogP contribution in [0.3, 0.4) is 0 Å². The second kappa shape index (κ2) is 9.53. The van der Waals surface area contributed by atoms with Crippen molar-refractivity contribution in [2.24, 2.45) is 0 Å². The van der Waals surface area contributed by atoms with Crippen LogP contribution in [0, 0.1) is 11.2 Å². The number of benzene rings is 1. The molecule has 37 heavy (non-hydrogen) atoms. The predicted octanol–water partition coefficient (Wildman–Crippen LogP) is 3.06. The van der Waals surface area contributed by atoms with Gasteiger partial charge in [0.15, 0.2) is 9.84 Å². The van der Waals surface area contributed by atoms with Crippen LogP contribution in [0.4, 0.5) is 20.7 Å². The number of amides is 1. The molecule has 0 radical (unpaired) electrons. The molecule has 2 unspecified atom stereocenters. The summed E-state index contributed by atoms with van der Waals surface area (Å²) in [5.41, 5.74) is -0.171. The number of piperidine rings is 1. The van der Waals surface area contributed by atoms with Gasteiger partial charge in [-0.1, -0.05) is 0 Å². The number of nitrogens with one attached hydrogen (secondary N) is 2. The molecule has 2 N–H and O–H groups in total. The Hall–Kier alpha value is -3.32. The quantitative estimate of drug-likeness (QED) is 0.513. The molecule has 198 valence electrons. The summed E-state index contributed by atoms with van der Waals surface area (Å²) in [7, 11) is -3.56. The van der Waals surface area contributed by atoms with Gasteiger partial charge in [0.05, 0.1) is 41.4 Å². The molecule has 1 amide bonds. The van der Waals surface area contributed by atoms with Gasteiger partial charge in [-0.25, -0.2) is 27.6 Å². The summed E-state index contributed by atoms with van der Waals surface area (Å²) in [5.74, 6) is -0.508. The van der Waals surface area contributed by atoms with E-state index < -0.39 is 15.7 Å². The first-order valence-corrected chi connectivity index (χ1v) is 13.8. The fourth-order valence-electron chi connectivity index (χ4n) is 4.62. The van der Waals surface area contributed by atoms with Crippen LogP contribution >= 0.6 is 0 Å². The lowest BCUT2D eigenvalue weighted by molar-refractivity contribution is -0.0955. The molecule has 2 saturated heterocycles. The van der Waals surface area contributed by atoms with Crippen LogP contribution < -0.4 is 10.1 Å². The van der Waals surface area contributed by atoms with Crippen molar-refractivity contribution < 1.29 is 31.8 Å². The maximum Gasteiger partial charge on any atom is 0.410 e. The standard InChI is InChI=1S/C24H28FN5O6S/c1-24(5-6-24)36-23(31)30-14-7-16(8-15(30)12-34-11-14)35-22-18(10-26)21(27-13-28-22)29-20-4-3-17(9-19(20)25)37(2,32)33/h3-4,9-10,13-16,26H,5-8,11-12H2,1-2H3,(H,27,28,29). The van der Waals surface area contributed by atoms with E-state index in [1.807, 2.05) is 6.92 Å². The second-order valence-electron chi connectivity index (χ2n) is 9.91. The number of carbonyl (C=O) groups excluding carboxylic acids is 1. The lowest BCUT2D eigenvalue weighted by Crippen LogP contribution is -2.61. The highest BCUT2D eigenvalue weighted by Gasteiger charge is 2.48. The van der Waals surface area contributed by atoms with E-state index in [0.29, 0.717) is 26.1 Å². The number of rotatable bonds is 7. The zero-order chi connectivity index (χ0) is 26.4. The number of aromatic nitrogens is 2. The van der Waals surface area contributed by atoms with E-state index in [1.54, 1.807) is 4.90 Å². The Kier molecular flexibility index (Phi) is 6.52. The van der Waals surface area contributed by atoms with Gasteiger partial charge in [0, 0.05) is 25.3 Å². The van der Waals surface area contributed by atoms with E-state index in [4.69, 9.17) is 19.6 Å². The summed E-state index contributed by atoms with van der Waals surface area (Å²) >= 11 is 0. The molecule has 2 aliphatic heterocycles. The molecule has 2 bridgehead atoms. The van der Waals surface area contributed by atoms with Crippen LogP contribution in [0.15, 0.2) is 29.4 Å². The zero-order valence-corrected chi connectivity index (χ0v) is 21.3. The van der Waals surface area contributed by atoms with Crippen molar-refractivity contribution in [2.45, 2.75) is 61.3 Å². The molecular weight excluding hydrogens is 505 g/mol. The maximum atomic E-state index is 14.6. The first kappa shape index (κ1) is 25.3. The first-order chi connectivity index (χ1) is 17.6. The molecule has 3 fully saturated rings. The van der Waals surface area contributed by atoms with Crippen LogP contribution in [0.5, 0.6) is 5.88 Å². The third kappa shape index (κ3) is 5.37. The Morgan fingerprint density at radius 2 is 1.97 bits per heavy atom. The molecule has 2 atom stereocenters. The minimum absolute atomic E-state index is 0.0111. The summed E-state index contributed by atoms with van der Waals surface area (Å²) in [6, 6.07) is 3.08. The van der Waals surface area contributed by atoms with Crippen LogP contribution in [0.25, 0.3) is 0 Å². The molecular formula is C24H28FN5O6S. The number of morpholine rings is 1. The van der Waals surface area contributed by atoms with Gasteiger partial charge in [-0.3, -0.25) is 4.90 Å². The van der Waals surface area contributed by atoms with Gasteiger partial charge in [-0.15, -0.1) is 0 Å². The maximum absolute atomic E-state index is 14.6.